The number of thioether (sulfide) groups is 1. The van der Waals surface area contributed by atoms with Gasteiger partial charge in [0.25, 0.3) is 16.7 Å². The molecule has 9 heteroatoms. The van der Waals surface area contributed by atoms with Crippen LogP contribution in [0.5, 0.6) is 5.75 Å². The second-order valence-electron chi connectivity index (χ2n) is 7.37. The summed E-state index contributed by atoms with van der Waals surface area (Å²) in [6.45, 7) is 0.666. The number of hydrogen-bond acceptors (Lipinski definition) is 7. The highest BCUT2D eigenvalue weighted by Gasteiger charge is 2.18. The molecule has 170 valence electrons. The minimum atomic E-state index is -0.347. The smallest absolute Gasteiger partial charge is 0.277 e. The van der Waals surface area contributed by atoms with Gasteiger partial charge in [0, 0.05) is 17.2 Å². The van der Waals surface area contributed by atoms with Crippen molar-refractivity contribution in [2.75, 3.05) is 12.4 Å². The van der Waals surface area contributed by atoms with Gasteiger partial charge in [0.15, 0.2) is 5.69 Å². The molecule has 0 atom stereocenters. The van der Waals surface area contributed by atoms with Gasteiger partial charge in [0.1, 0.15) is 11.6 Å². The Hall–Kier alpha value is -3.98. The number of nitrogens with zero attached hydrogens (tertiary/aromatic N) is 4. The maximum absolute atomic E-state index is 13.2. The molecule has 0 aliphatic rings. The van der Waals surface area contributed by atoms with Crippen molar-refractivity contribution >= 4 is 22.5 Å². The molecule has 0 aliphatic heterocycles. The predicted octanol–water partition coefficient (Wildman–Crippen LogP) is 4.81. The van der Waals surface area contributed by atoms with E-state index in [4.69, 9.17) is 9.15 Å². The lowest BCUT2D eigenvalue weighted by Crippen LogP contribution is -2.24. The van der Waals surface area contributed by atoms with Gasteiger partial charge < -0.3 is 9.15 Å². The minimum absolute atomic E-state index is 0.188. The van der Waals surface area contributed by atoms with Crippen LogP contribution in [0.25, 0.3) is 22.4 Å². The second-order valence-corrected chi connectivity index (χ2v) is 8.42. The summed E-state index contributed by atoms with van der Waals surface area (Å²) in [4.78, 5) is 13.0. The Morgan fingerprint density at radius 1 is 0.941 bits per heavy atom. The molecule has 0 aliphatic carbocycles. The van der Waals surface area contributed by atoms with Crippen molar-refractivity contribution in [3.63, 3.8) is 0 Å². The van der Waals surface area contributed by atoms with E-state index in [-0.39, 0.29) is 17.3 Å². The summed E-state index contributed by atoms with van der Waals surface area (Å²) in [6.07, 6.45) is 0. The number of aromatic nitrogens is 4. The summed E-state index contributed by atoms with van der Waals surface area (Å²) >= 11 is 1.32. The van der Waals surface area contributed by atoms with Crippen molar-refractivity contribution < 1.29 is 13.5 Å². The Morgan fingerprint density at radius 2 is 1.74 bits per heavy atom. The van der Waals surface area contributed by atoms with E-state index < -0.39 is 0 Å². The van der Waals surface area contributed by atoms with E-state index in [1.165, 1.54) is 28.6 Å². The number of rotatable bonds is 8. The highest BCUT2D eigenvalue weighted by Crippen LogP contribution is 2.26. The molecule has 0 fully saturated rings. The number of ether oxygens (including phenoxy) is 1. The zero-order chi connectivity index (χ0) is 23.3. The van der Waals surface area contributed by atoms with E-state index >= 15 is 0 Å². The van der Waals surface area contributed by atoms with E-state index in [1.54, 1.807) is 18.2 Å². The van der Waals surface area contributed by atoms with E-state index in [0.29, 0.717) is 46.3 Å². The van der Waals surface area contributed by atoms with Crippen LogP contribution in [0.2, 0.25) is 0 Å². The van der Waals surface area contributed by atoms with Gasteiger partial charge in [-0.3, -0.25) is 4.79 Å². The zero-order valence-electron chi connectivity index (χ0n) is 17.9. The molecule has 7 nitrogen and oxygen atoms in total. The fourth-order valence-electron chi connectivity index (χ4n) is 3.47. The number of hydrogen-bond donors (Lipinski definition) is 0. The molecule has 0 saturated heterocycles. The van der Waals surface area contributed by atoms with Crippen LogP contribution in [0.15, 0.2) is 93.3 Å². The lowest BCUT2D eigenvalue weighted by atomic mass is 10.1. The number of benzene rings is 3. The molecule has 34 heavy (non-hydrogen) atoms. The average Bonchev–Trinajstić information content (AvgIpc) is 3.33. The first-order chi connectivity index (χ1) is 16.7. The molecule has 5 rings (SSSR count). The average molecular weight is 475 g/mol. The van der Waals surface area contributed by atoms with Gasteiger partial charge in [0.2, 0.25) is 0 Å². The molecular weight excluding hydrogens is 455 g/mol. The summed E-state index contributed by atoms with van der Waals surface area (Å²) in [5.74, 6) is 0.870. The van der Waals surface area contributed by atoms with Gasteiger partial charge >= 0.3 is 0 Å². The molecule has 0 radical (unpaired) electrons. The maximum atomic E-state index is 13.2. The summed E-state index contributed by atoms with van der Waals surface area (Å²) in [5.41, 5.74) is 1.21. The Labute approximate surface area is 198 Å². The SMILES string of the molecule is O=c1c2ccccc2c(-c2nnc(SCCOc3cccc(F)c3)o2)nn1Cc1ccccc1. The van der Waals surface area contributed by atoms with E-state index in [1.807, 2.05) is 48.5 Å². The van der Waals surface area contributed by atoms with Crippen LogP contribution in [0, 0.1) is 5.82 Å². The standard InChI is InChI=1S/C25H19FN4O3S/c26-18-9-6-10-19(15-18)32-13-14-34-25-28-27-23(33-25)22-20-11-4-5-12-21(20)24(31)30(29-22)16-17-7-2-1-3-8-17/h1-12,15H,13-14,16H2. The van der Waals surface area contributed by atoms with E-state index in [9.17, 15) is 9.18 Å². The third-order valence-corrected chi connectivity index (χ3v) is 5.81. The lowest BCUT2D eigenvalue weighted by molar-refractivity contribution is 0.341. The lowest BCUT2D eigenvalue weighted by Gasteiger charge is -2.09. The van der Waals surface area contributed by atoms with Gasteiger partial charge in [-0.1, -0.05) is 66.4 Å². The maximum Gasteiger partial charge on any atom is 0.277 e. The fourth-order valence-corrected chi connectivity index (χ4v) is 4.04. The monoisotopic (exact) mass is 474 g/mol. The Morgan fingerprint density at radius 3 is 2.56 bits per heavy atom. The van der Waals surface area contributed by atoms with E-state index in [0.717, 1.165) is 5.56 Å². The Balaban J connectivity index is 1.36. The summed E-state index contributed by atoms with van der Waals surface area (Å²) in [6, 6.07) is 22.9. The number of fused-ring (bicyclic) bond motifs is 1. The Kier molecular flexibility index (Phi) is 6.35. The van der Waals surface area contributed by atoms with Gasteiger partial charge in [-0.2, -0.15) is 5.10 Å². The van der Waals surface area contributed by atoms with E-state index in [2.05, 4.69) is 15.3 Å². The fraction of sp³-hybridized carbons (Fsp3) is 0.120. The molecule has 0 saturated carbocycles. The third kappa shape index (κ3) is 4.84. The minimum Gasteiger partial charge on any atom is -0.493 e. The van der Waals surface area contributed by atoms with Crippen molar-refractivity contribution in [2.45, 2.75) is 11.8 Å². The molecule has 0 amide bonds. The second kappa shape index (κ2) is 9.88. The molecule has 0 N–H and O–H groups in total. The number of halogens is 1. The highest BCUT2D eigenvalue weighted by atomic mass is 32.2. The highest BCUT2D eigenvalue weighted by molar-refractivity contribution is 7.99. The Bertz CT molecular complexity index is 1490. The van der Waals surface area contributed by atoms with Crippen LogP contribution in [0.1, 0.15) is 5.56 Å². The van der Waals surface area contributed by atoms with Crippen molar-refractivity contribution in [2.24, 2.45) is 0 Å². The van der Waals surface area contributed by atoms with Gasteiger partial charge in [-0.15, -0.1) is 10.2 Å². The zero-order valence-corrected chi connectivity index (χ0v) is 18.7. The van der Waals surface area contributed by atoms with Crippen molar-refractivity contribution in [1.29, 1.82) is 0 Å². The normalized spacial score (nSPS) is 11.1. The first-order valence-electron chi connectivity index (χ1n) is 10.6. The van der Waals surface area contributed by atoms with Crippen LogP contribution in [-0.2, 0) is 6.54 Å². The van der Waals surface area contributed by atoms with Crippen LogP contribution in [-0.4, -0.2) is 32.3 Å². The summed E-state index contributed by atoms with van der Waals surface area (Å²) < 4.78 is 26.0. The third-order valence-electron chi connectivity index (χ3n) is 5.03. The predicted molar refractivity (Wildman–Crippen MR) is 127 cm³/mol. The molecule has 3 aromatic carbocycles. The van der Waals surface area contributed by atoms with Crippen molar-refractivity contribution in [3.8, 4) is 17.3 Å². The molecule has 2 aromatic heterocycles. The molecular formula is C25H19FN4O3S. The van der Waals surface area contributed by atoms with Crippen LogP contribution in [0.4, 0.5) is 4.39 Å². The quantitative estimate of drug-likeness (QED) is 0.236. The van der Waals surface area contributed by atoms with Crippen molar-refractivity contribution in [3.05, 3.63) is 101 Å². The van der Waals surface area contributed by atoms with Gasteiger partial charge in [-0.25, -0.2) is 9.07 Å². The first kappa shape index (κ1) is 21.8. The van der Waals surface area contributed by atoms with Crippen LogP contribution in [0.3, 0.4) is 0 Å². The van der Waals surface area contributed by atoms with Gasteiger partial charge in [0.05, 0.1) is 18.5 Å². The summed E-state index contributed by atoms with van der Waals surface area (Å²) in [7, 11) is 0. The van der Waals surface area contributed by atoms with Crippen LogP contribution >= 0.6 is 11.8 Å². The first-order valence-corrected chi connectivity index (χ1v) is 11.5. The van der Waals surface area contributed by atoms with Crippen LogP contribution < -0.4 is 10.3 Å². The molecule has 0 spiro atoms. The van der Waals surface area contributed by atoms with Crippen molar-refractivity contribution in [1.82, 2.24) is 20.0 Å². The topological polar surface area (TPSA) is 83.0 Å². The molecule has 5 aromatic rings. The summed E-state index contributed by atoms with van der Waals surface area (Å²) in [5, 5.41) is 14.3. The molecule has 0 bridgehead atoms. The molecule has 0 unspecified atom stereocenters. The van der Waals surface area contributed by atoms with Gasteiger partial charge in [-0.05, 0) is 23.8 Å². The molecule has 2 heterocycles. The largest absolute Gasteiger partial charge is 0.493 e.